The van der Waals surface area contributed by atoms with Gasteiger partial charge in [0.1, 0.15) is 6.54 Å². The molecule has 8 heteroatoms. The fraction of sp³-hybridized carbons (Fsp3) is 0.417. The van der Waals surface area contributed by atoms with Crippen LogP contribution < -0.4 is 4.31 Å². The van der Waals surface area contributed by atoms with Crippen LogP contribution in [0.5, 0.6) is 0 Å². The van der Waals surface area contributed by atoms with Crippen LogP contribution >= 0.6 is 23.2 Å². The van der Waals surface area contributed by atoms with Gasteiger partial charge in [-0.2, -0.15) is 0 Å². The summed E-state index contributed by atoms with van der Waals surface area (Å²) >= 11 is 11.7. The van der Waals surface area contributed by atoms with Gasteiger partial charge in [0.25, 0.3) is 0 Å². The number of anilines is 1. The first kappa shape index (κ1) is 17.1. The fourth-order valence-corrected chi connectivity index (χ4v) is 2.90. The summed E-state index contributed by atoms with van der Waals surface area (Å²) in [5.41, 5.74) is 0.180. The summed E-state index contributed by atoms with van der Waals surface area (Å²) in [7, 11) is -3.68. The highest BCUT2D eigenvalue weighted by molar-refractivity contribution is 7.92. The molecular formula is C12H15Cl2NO4S. The Kier molecular flexibility index (Phi) is 5.68. The maximum atomic E-state index is 11.8. The number of hydrogen-bond donors (Lipinski definition) is 0. The van der Waals surface area contributed by atoms with Crippen molar-refractivity contribution in [1.82, 2.24) is 0 Å². The summed E-state index contributed by atoms with van der Waals surface area (Å²) in [6.45, 7) is 2.91. The average molecular weight is 340 g/mol. The monoisotopic (exact) mass is 339 g/mol. The van der Waals surface area contributed by atoms with Gasteiger partial charge >= 0.3 is 5.97 Å². The van der Waals surface area contributed by atoms with Gasteiger partial charge in [-0.15, -0.1) is 0 Å². The third-order valence-corrected chi connectivity index (χ3v) is 3.88. The molecule has 0 aromatic heterocycles. The van der Waals surface area contributed by atoms with E-state index in [1.165, 1.54) is 18.2 Å². The van der Waals surface area contributed by atoms with E-state index in [-0.39, 0.29) is 16.8 Å². The highest BCUT2D eigenvalue weighted by atomic mass is 35.5. The van der Waals surface area contributed by atoms with Crippen LogP contribution in [0.1, 0.15) is 13.8 Å². The van der Waals surface area contributed by atoms with Gasteiger partial charge in [0.15, 0.2) is 0 Å². The number of carbonyl (C=O) groups excluding carboxylic acids is 1. The molecule has 1 aromatic rings. The Balaban J connectivity index is 3.11. The van der Waals surface area contributed by atoms with Crippen LogP contribution in [0, 0.1) is 0 Å². The first-order valence-corrected chi connectivity index (χ1v) is 8.34. The van der Waals surface area contributed by atoms with Crippen molar-refractivity contribution in [2.45, 2.75) is 20.0 Å². The van der Waals surface area contributed by atoms with Crippen molar-refractivity contribution in [2.75, 3.05) is 17.1 Å². The van der Waals surface area contributed by atoms with Gasteiger partial charge in [0, 0.05) is 5.02 Å². The van der Waals surface area contributed by atoms with Gasteiger partial charge in [0.2, 0.25) is 10.0 Å². The van der Waals surface area contributed by atoms with Crippen LogP contribution in [0.25, 0.3) is 0 Å². The van der Waals surface area contributed by atoms with E-state index in [0.717, 1.165) is 10.6 Å². The number of sulfonamides is 1. The normalized spacial score (nSPS) is 11.5. The molecule has 0 saturated heterocycles. The average Bonchev–Trinajstić information content (AvgIpc) is 2.24. The van der Waals surface area contributed by atoms with Crippen LogP contribution in [0.3, 0.4) is 0 Å². The molecule has 0 heterocycles. The lowest BCUT2D eigenvalue weighted by Gasteiger charge is -2.23. The Hall–Kier alpha value is -0.980. The zero-order valence-electron chi connectivity index (χ0n) is 11.3. The molecule has 5 nitrogen and oxygen atoms in total. The predicted octanol–water partition coefficient (Wildman–Crippen LogP) is 2.71. The molecule has 1 aromatic carbocycles. The van der Waals surface area contributed by atoms with E-state index in [0.29, 0.717) is 5.02 Å². The molecule has 0 radical (unpaired) electrons. The number of esters is 1. The lowest BCUT2D eigenvalue weighted by atomic mass is 10.3. The van der Waals surface area contributed by atoms with Gasteiger partial charge in [-0.1, -0.05) is 23.2 Å². The topological polar surface area (TPSA) is 63.7 Å². The van der Waals surface area contributed by atoms with Crippen molar-refractivity contribution in [3.05, 3.63) is 28.2 Å². The van der Waals surface area contributed by atoms with Crippen molar-refractivity contribution < 1.29 is 17.9 Å². The lowest BCUT2D eigenvalue weighted by molar-refractivity contribution is -0.145. The maximum absolute atomic E-state index is 11.8. The summed E-state index contributed by atoms with van der Waals surface area (Å²) < 4.78 is 29.5. The highest BCUT2D eigenvalue weighted by Crippen LogP contribution is 2.30. The van der Waals surface area contributed by atoms with Crippen LogP contribution in [-0.4, -0.2) is 33.3 Å². The van der Waals surface area contributed by atoms with Crippen molar-refractivity contribution in [3.8, 4) is 0 Å². The molecule has 20 heavy (non-hydrogen) atoms. The second-order valence-corrected chi connectivity index (χ2v) is 7.15. The van der Waals surface area contributed by atoms with E-state index >= 15 is 0 Å². The van der Waals surface area contributed by atoms with Gasteiger partial charge in [0.05, 0.1) is 23.1 Å². The molecule has 0 saturated carbocycles. The molecule has 0 amide bonds. The molecule has 0 bridgehead atoms. The molecule has 0 aliphatic heterocycles. The van der Waals surface area contributed by atoms with Crippen molar-refractivity contribution in [2.24, 2.45) is 0 Å². The summed E-state index contributed by atoms with van der Waals surface area (Å²) in [5.74, 6) is -0.656. The van der Waals surface area contributed by atoms with Crippen molar-refractivity contribution in [3.63, 3.8) is 0 Å². The SMILES string of the molecule is CC(C)OC(=O)CN(c1ccc(Cl)cc1Cl)S(C)(=O)=O. The highest BCUT2D eigenvalue weighted by Gasteiger charge is 2.24. The fourth-order valence-electron chi connectivity index (χ4n) is 1.48. The summed E-state index contributed by atoms with van der Waals surface area (Å²) in [4.78, 5) is 11.7. The summed E-state index contributed by atoms with van der Waals surface area (Å²) in [6, 6.07) is 4.34. The van der Waals surface area contributed by atoms with E-state index in [1.807, 2.05) is 0 Å². The number of ether oxygens (including phenoxy) is 1. The number of halogens is 2. The van der Waals surface area contributed by atoms with Crippen LogP contribution in [0.2, 0.25) is 10.0 Å². The minimum Gasteiger partial charge on any atom is -0.462 e. The minimum absolute atomic E-state index is 0.139. The standard InChI is InChI=1S/C12H15Cl2NO4S/c1-8(2)19-12(16)7-15(20(3,17)18)11-5-4-9(13)6-10(11)14/h4-6,8H,7H2,1-3H3. The first-order chi connectivity index (χ1) is 9.11. The predicted molar refractivity (Wildman–Crippen MR) is 79.9 cm³/mol. The molecule has 1 rings (SSSR count). The molecule has 0 fully saturated rings. The number of rotatable bonds is 5. The molecule has 0 aliphatic carbocycles. The van der Waals surface area contributed by atoms with E-state index in [1.54, 1.807) is 13.8 Å². The Morgan fingerprint density at radius 1 is 1.35 bits per heavy atom. The molecule has 0 N–H and O–H groups in total. The number of nitrogens with zero attached hydrogens (tertiary/aromatic N) is 1. The van der Waals surface area contributed by atoms with Crippen LogP contribution in [0.4, 0.5) is 5.69 Å². The Labute approximate surface area is 128 Å². The smallest absolute Gasteiger partial charge is 0.327 e. The van der Waals surface area contributed by atoms with E-state index < -0.39 is 22.5 Å². The second-order valence-electron chi connectivity index (χ2n) is 4.40. The van der Waals surface area contributed by atoms with Gasteiger partial charge < -0.3 is 4.74 Å². The molecule has 112 valence electrons. The number of carbonyl (C=O) groups is 1. The van der Waals surface area contributed by atoms with Crippen LogP contribution in [0.15, 0.2) is 18.2 Å². The Morgan fingerprint density at radius 2 is 1.95 bits per heavy atom. The molecule has 0 atom stereocenters. The number of hydrogen-bond acceptors (Lipinski definition) is 4. The first-order valence-electron chi connectivity index (χ1n) is 5.73. The third kappa shape index (κ3) is 4.85. The van der Waals surface area contributed by atoms with Crippen molar-refractivity contribution >= 4 is 44.9 Å². The third-order valence-electron chi connectivity index (χ3n) is 2.22. The van der Waals surface area contributed by atoms with Crippen molar-refractivity contribution in [1.29, 1.82) is 0 Å². The lowest BCUT2D eigenvalue weighted by Crippen LogP contribution is -2.36. The molecule has 0 aliphatic rings. The van der Waals surface area contributed by atoms with Gasteiger partial charge in [-0.3, -0.25) is 9.10 Å². The zero-order chi connectivity index (χ0) is 15.5. The van der Waals surface area contributed by atoms with Gasteiger partial charge in [-0.25, -0.2) is 8.42 Å². The number of benzene rings is 1. The quantitative estimate of drug-likeness (QED) is 0.773. The van der Waals surface area contributed by atoms with E-state index in [2.05, 4.69) is 0 Å². The largest absolute Gasteiger partial charge is 0.462 e. The molecule has 0 unspecified atom stereocenters. The van der Waals surface area contributed by atoms with Crippen LogP contribution in [-0.2, 0) is 19.6 Å². The second kappa shape index (κ2) is 6.65. The maximum Gasteiger partial charge on any atom is 0.327 e. The Bertz CT molecular complexity index is 601. The minimum atomic E-state index is -3.68. The molecule has 0 spiro atoms. The summed E-state index contributed by atoms with van der Waals surface area (Å²) in [5, 5.41) is 0.511. The van der Waals surface area contributed by atoms with Gasteiger partial charge in [-0.05, 0) is 32.0 Å². The van der Waals surface area contributed by atoms with E-state index in [9.17, 15) is 13.2 Å². The summed E-state index contributed by atoms with van der Waals surface area (Å²) in [6.07, 6.45) is 0.658. The molecular weight excluding hydrogens is 325 g/mol. The zero-order valence-corrected chi connectivity index (χ0v) is 13.6. The Morgan fingerprint density at radius 3 is 2.40 bits per heavy atom. The van der Waals surface area contributed by atoms with E-state index in [4.69, 9.17) is 27.9 Å².